The van der Waals surface area contributed by atoms with Crippen molar-refractivity contribution in [3.8, 4) is 0 Å². The SMILES string of the molecule is O=CN1CCCC[C@@H]1c1ccc(SC2CCCCC2)nc1. The maximum atomic E-state index is 11.2. The Morgan fingerprint density at radius 1 is 1.10 bits per heavy atom. The van der Waals surface area contributed by atoms with E-state index in [2.05, 4.69) is 17.1 Å². The first-order chi connectivity index (χ1) is 10.4. The Morgan fingerprint density at radius 2 is 1.90 bits per heavy atom. The summed E-state index contributed by atoms with van der Waals surface area (Å²) in [5.74, 6) is 0. The number of nitrogens with zero attached hydrogens (tertiary/aromatic N) is 2. The van der Waals surface area contributed by atoms with Gasteiger partial charge in [0.25, 0.3) is 0 Å². The molecule has 3 rings (SSSR count). The Hall–Kier alpha value is -1.03. The van der Waals surface area contributed by atoms with Crippen molar-refractivity contribution >= 4 is 18.2 Å². The molecule has 1 aliphatic carbocycles. The summed E-state index contributed by atoms with van der Waals surface area (Å²) in [4.78, 5) is 17.7. The average molecular weight is 304 g/mol. The zero-order chi connectivity index (χ0) is 14.5. The van der Waals surface area contributed by atoms with Gasteiger partial charge in [-0.1, -0.05) is 25.3 Å². The molecule has 1 aromatic rings. The summed E-state index contributed by atoms with van der Waals surface area (Å²) < 4.78 is 0. The van der Waals surface area contributed by atoms with Crippen molar-refractivity contribution in [2.24, 2.45) is 0 Å². The molecule has 2 fully saturated rings. The van der Waals surface area contributed by atoms with E-state index in [4.69, 9.17) is 0 Å². The van der Waals surface area contributed by atoms with E-state index in [-0.39, 0.29) is 6.04 Å². The molecule has 114 valence electrons. The average Bonchev–Trinajstić information content (AvgIpc) is 2.56. The molecule has 1 amide bonds. The van der Waals surface area contributed by atoms with Crippen LogP contribution in [0.25, 0.3) is 0 Å². The molecule has 1 atom stereocenters. The first-order valence-electron chi connectivity index (χ1n) is 8.20. The molecule has 1 aliphatic heterocycles. The summed E-state index contributed by atoms with van der Waals surface area (Å²) in [7, 11) is 0. The zero-order valence-corrected chi connectivity index (χ0v) is 13.4. The van der Waals surface area contributed by atoms with E-state index < -0.39 is 0 Å². The lowest BCUT2D eigenvalue weighted by molar-refractivity contribution is -0.121. The van der Waals surface area contributed by atoms with Crippen molar-refractivity contribution in [2.45, 2.75) is 67.7 Å². The van der Waals surface area contributed by atoms with Gasteiger partial charge in [0.1, 0.15) is 0 Å². The summed E-state index contributed by atoms with van der Waals surface area (Å²) in [6, 6.07) is 4.55. The first-order valence-corrected chi connectivity index (χ1v) is 9.08. The molecule has 1 aromatic heterocycles. The van der Waals surface area contributed by atoms with Crippen molar-refractivity contribution in [1.82, 2.24) is 9.88 Å². The standard InChI is InChI=1S/C17H24N2OS/c20-13-19-11-5-4-8-16(19)14-9-10-17(18-12-14)21-15-6-2-1-3-7-15/h9-10,12-13,15-16H,1-8,11H2/t16-/m1/s1. The number of hydrogen-bond donors (Lipinski definition) is 0. The molecule has 1 saturated carbocycles. The fraction of sp³-hybridized carbons (Fsp3) is 0.647. The van der Waals surface area contributed by atoms with Crippen LogP contribution in [-0.4, -0.2) is 28.1 Å². The largest absolute Gasteiger partial charge is 0.338 e. The molecule has 0 bridgehead atoms. The highest BCUT2D eigenvalue weighted by Gasteiger charge is 2.23. The molecule has 0 spiro atoms. The molecule has 0 N–H and O–H groups in total. The fourth-order valence-corrected chi connectivity index (χ4v) is 4.62. The van der Waals surface area contributed by atoms with Crippen LogP contribution in [0.2, 0.25) is 0 Å². The molecule has 1 saturated heterocycles. The van der Waals surface area contributed by atoms with Gasteiger partial charge in [0, 0.05) is 18.0 Å². The van der Waals surface area contributed by atoms with E-state index in [9.17, 15) is 4.79 Å². The number of hydrogen-bond acceptors (Lipinski definition) is 3. The highest BCUT2D eigenvalue weighted by molar-refractivity contribution is 7.99. The minimum absolute atomic E-state index is 0.234. The summed E-state index contributed by atoms with van der Waals surface area (Å²) in [5, 5.41) is 1.89. The molecule has 0 unspecified atom stereocenters. The minimum atomic E-state index is 0.234. The predicted molar refractivity (Wildman–Crippen MR) is 86.3 cm³/mol. The predicted octanol–water partition coefficient (Wildman–Crippen LogP) is 4.19. The van der Waals surface area contributed by atoms with E-state index in [1.807, 2.05) is 22.9 Å². The Labute approximate surface area is 131 Å². The summed E-state index contributed by atoms with van der Waals surface area (Å²) >= 11 is 1.93. The topological polar surface area (TPSA) is 33.2 Å². The molecule has 2 heterocycles. The van der Waals surface area contributed by atoms with Gasteiger partial charge in [-0.05, 0) is 43.7 Å². The van der Waals surface area contributed by atoms with Gasteiger partial charge < -0.3 is 4.90 Å². The number of aromatic nitrogens is 1. The van der Waals surface area contributed by atoms with E-state index in [0.29, 0.717) is 0 Å². The van der Waals surface area contributed by atoms with E-state index >= 15 is 0 Å². The Morgan fingerprint density at radius 3 is 2.62 bits per heavy atom. The van der Waals surface area contributed by atoms with E-state index in [1.54, 1.807) is 0 Å². The minimum Gasteiger partial charge on any atom is -0.338 e. The second-order valence-corrected chi connectivity index (χ2v) is 7.48. The maximum absolute atomic E-state index is 11.2. The van der Waals surface area contributed by atoms with Gasteiger partial charge in [0.2, 0.25) is 6.41 Å². The molecule has 2 aliphatic rings. The molecular formula is C17H24N2OS. The molecule has 4 heteroatoms. The van der Waals surface area contributed by atoms with Crippen LogP contribution >= 0.6 is 11.8 Å². The Bertz CT molecular complexity index is 456. The van der Waals surface area contributed by atoms with Gasteiger partial charge in [-0.25, -0.2) is 4.98 Å². The third-order valence-electron chi connectivity index (χ3n) is 4.66. The quantitative estimate of drug-likeness (QED) is 0.782. The van der Waals surface area contributed by atoms with Crippen LogP contribution in [0.3, 0.4) is 0 Å². The Balaban J connectivity index is 1.64. The van der Waals surface area contributed by atoms with Crippen LogP contribution < -0.4 is 0 Å². The number of likely N-dealkylation sites (tertiary alicyclic amines) is 1. The number of rotatable bonds is 4. The lowest BCUT2D eigenvalue weighted by atomic mass is 9.97. The summed E-state index contributed by atoms with van der Waals surface area (Å²) in [6.07, 6.45) is 13.2. The third kappa shape index (κ3) is 3.79. The van der Waals surface area contributed by atoms with Crippen molar-refractivity contribution in [2.75, 3.05) is 6.54 Å². The van der Waals surface area contributed by atoms with Gasteiger partial charge >= 0.3 is 0 Å². The number of amides is 1. The molecule has 3 nitrogen and oxygen atoms in total. The molecule has 21 heavy (non-hydrogen) atoms. The lowest BCUT2D eigenvalue weighted by Crippen LogP contribution is -2.32. The van der Waals surface area contributed by atoms with Crippen LogP contribution in [-0.2, 0) is 4.79 Å². The number of pyridine rings is 1. The van der Waals surface area contributed by atoms with Gasteiger partial charge in [-0.2, -0.15) is 0 Å². The van der Waals surface area contributed by atoms with Gasteiger partial charge in [-0.15, -0.1) is 11.8 Å². The van der Waals surface area contributed by atoms with Crippen LogP contribution in [0, 0.1) is 0 Å². The van der Waals surface area contributed by atoms with Crippen LogP contribution in [0.1, 0.15) is 63.0 Å². The first kappa shape index (κ1) is 14.9. The number of carbonyl (C=O) groups is 1. The van der Waals surface area contributed by atoms with E-state index in [0.717, 1.165) is 36.1 Å². The fourth-order valence-electron chi connectivity index (χ4n) is 3.45. The van der Waals surface area contributed by atoms with Crippen LogP contribution in [0.15, 0.2) is 23.4 Å². The van der Waals surface area contributed by atoms with Gasteiger partial charge in [0.15, 0.2) is 0 Å². The van der Waals surface area contributed by atoms with Gasteiger partial charge in [-0.3, -0.25) is 4.79 Å². The number of carbonyl (C=O) groups excluding carboxylic acids is 1. The van der Waals surface area contributed by atoms with Crippen LogP contribution in [0.4, 0.5) is 0 Å². The molecular weight excluding hydrogens is 280 g/mol. The Kier molecular flexibility index (Phi) is 5.17. The monoisotopic (exact) mass is 304 g/mol. The van der Waals surface area contributed by atoms with Crippen molar-refractivity contribution < 1.29 is 4.79 Å². The van der Waals surface area contributed by atoms with Crippen molar-refractivity contribution in [1.29, 1.82) is 0 Å². The third-order valence-corrected chi connectivity index (χ3v) is 5.95. The van der Waals surface area contributed by atoms with Crippen LogP contribution in [0.5, 0.6) is 0 Å². The smallest absolute Gasteiger partial charge is 0.210 e. The highest BCUT2D eigenvalue weighted by Crippen LogP contribution is 2.34. The van der Waals surface area contributed by atoms with Crippen molar-refractivity contribution in [3.05, 3.63) is 23.9 Å². The van der Waals surface area contributed by atoms with Gasteiger partial charge in [0.05, 0.1) is 11.1 Å². The highest BCUT2D eigenvalue weighted by atomic mass is 32.2. The second kappa shape index (κ2) is 7.30. The summed E-state index contributed by atoms with van der Waals surface area (Å²) in [5.41, 5.74) is 1.19. The maximum Gasteiger partial charge on any atom is 0.210 e. The molecule has 0 radical (unpaired) electrons. The molecule has 0 aromatic carbocycles. The number of piperidine rings is 1. The number of thioether (sulfide) groups is 1. The van der Waals surface area contributed by atoms with E-state index in [1.165, 1.54) is 44.1 Å². The normalized spacial score (nSPS) is 24.0. The van der Waals surface area contributed by atoms with Crippen molar-refractivity contribution in [3.63, 3.8) is 0 Å². The lowest BCUT2D eigenvalue weighted by Gasteiger charge is -2.32. The summed E-state index contributed by atoms with van der Waals surface area (Å²) in [6.45, 7) is 0.882. The second-order valence-electron chi connectivity index (χ2n) is 6.16. The zero-order valence-electron chi connectivity index (χ0n) is 12.5.